The van der Waals surface area contributed by atoms with E-state index in [9.17, 15) is 19.5 Å². The van der Waals surface area contributed by atoms with Crippen LogP contribution in [0, 0.1) is 6.92 Å². The fourth-order valence-electron chi connectivity index (χ4n) is 4.15. The molecule has 1 aromatic carbocycles. The lowest BCUT2D eigenvalue weighted by Crippen LogP contribution is -2.39. The third kappa shape index (κ3) is 5.03. The Bertz CT molecular complexity index is 1060. The molecule has 2 aliphatic rings. The van der Waals surface area contributed by atoms with Crippen LogP contribution in [0.3, 0.4) is 0 Å². The summed E-state index contributed by atoms with van der Waals surface area (Å²) in [6, 6.07) is 7.32. The first-order chi connectivity index (χ1) is 15.4. The number of H-pyrrole nitrogens is 1. The van der Waals surface area contributed by atoms with Gasteiger partial charge in [-0.1, -0.05) is 0 Å². The molecular formula is C22H29N5O5. The van der Waals surface area contributed by atoms with Crippen LogP contribution >= 0.6 is 0 Å². The second kappa shape index (κ2) is 9.58. The first-order valence-corrected chi connectivity index (χ1v) is 11.0. The van der Waals surface area contributed by atoms with Crippen LogP contribution in [0.1, 0.15) is 37.5 Å². The molecule has 32 heavy (non-hydrogen) atoms. The van der Waals surface area contributed by atoms with Gasteiger partial charge in [0.05, 0.1) is 6.10 Å². The van der Waals surface area contributed by atoms with Gasteiger partial charge < -0.3 is 25.4 Å². The highest BCUT2D eigenvalue weighted by Crippen LogP contribution is 2.27. The quantitative estimate of drug-likeness (QED) is 0.552. The third-order valence-corrected chi connectivity index (χ3v) is 5.97. The number of aromatic nitrogens is 2. The third-order valence-electron chi connectivity index (χ3n) is 5.97. The normalized spacial score (nSPS) is 23.2. The minimum Gasteiger partial charge on any atom is -0.390 e. The highest BCUT2D eigenvalue weighted by molar-refractivity contribution is 5.89. The molecule has 0 saturated carbocycles. The van der Waals surface area contributed by atoms with Gasteiger partial charge in [-0.2, -0.15) is 0 Å². The zero-order chi connectivity index (χ0) is 22.7. The molecule has 10 heteroatoms. The molecule has 2 saturated heterocycles. The van der Waals surface area contributed by atoms with Gasteiger partial charge in [0, 0.05) is 49.2 Å². The van der Waals surface area contributed by atoms with Crippen LogP contribution in [-0.2, 0) is 4.74 Å². The number of aliphatic hydroxyl groups is 1. The summed E-state index contributed by atoms with van der Waals surface area (Å²) in [6.45, 7) is 3.78. The number of benzene rings is 1. The number of ether oxygens (including phenoxy) is 1. The maximum atomic E-state index is 12.3. The highest BCUT2D eigenvalue weighted by Gasteiger charge is 2.35. The number of aromatic amines is 1. The van der Waals surface area contributed by atoms with Gasteiger partial charge in [0.15, 0.2) is 0 Å². The van der Waals surface area contributed by atoms with E-state index in [0.29, 0.717) is 11.3 Å². The van der Waals surface area contributed by atoms with E-state index in [2.05, 4.69) is 20.5 Å². The lowest BCUT2D eigenvalue weighted by Gasteiger charge is -2.28. The van der Waals surface area contributed by atoms with Gasteiger partial charge in [0.25, 0.3) is 5.56 Å². The lowest BCUT2D eigenvalue weighted by atomic mass is 10.1. The van der Waals surface area contributed by atoms with Crippen LogP contribution in [0.4, 0.5) is 16.2 Å². The van der Waals surface area contributed by atoms with E-state index < -0.39 is 35.7 Å². The van der Waals surface area contributed by atoms with E-state index in [0.717, 1.165) is 18.8 Å². The zero-order valence-electron chi connectivity index (χ0n) is 18.0. The molecule has 4 N–H and O–H groups in total. The predicted molar refractivity (Wildman–Crippen MR) is 120 cm³/mol. The van der Waals surface area contributed by atoms with Crippen molar-refractivity contribution in [3.05, 3.63) is 56.9 Å². The summed E-state index contributed by atoms with van der Waals surface area (Å²) in [5.74, 6) is 0. The van der Waals surface area contributed by atoms with Crippen molar-refractivity contribution in [3.8, 4) is 0 Å². The SMILES string of the molecule is Cc1cn([C@@H]2C[C@H](O)[C@@H](CNC(=O)Nc3ccc(N4CCCCC4)cc3)O2)c(=O)[nH]c1=O. The van der Waals surface area contributed by atoms with Crippen molar-refractivity contribution in [2.75, 3.05) is 29.9 Å². The maximum absolute atomic E-state index is 12.3. The molecule has 2 aromatic rings. The van der Waals surface area contributed by atoms with E-state index in [1.165, 1.54) is 30.0 Å². The van der Waals surface area contributed by atoms with Crippen molar-refractivity contribution in [2.24, 2.45) is 0 Å². The lowest BCUT2D eigenvalue weighted by molar-refractivity contribution is -0.0178. The van der Waals surface area contributed by atoms with Crippen molar-refractivity contribution in [1.82, 2.24) is 14.9 Å². The van der Waals surface area contributed by atoms with E-state index in [1.807, 2.05) is 24.3 Å². The van der Waals surface area contributed by atoms with Gasteiger partial charge in [-0.15, -0.1) is 0 Å². The van der Waals surface area contributed by atoms with E-state index in [-0.39, 0.29) is 13.0 Å². The van der Waals surface area contributed by atoms with Crippen LogP contribution in [-0.4, -0.2) is 52.5 Å². The van der Waals surface area contributed by atoms with Crippen LogP contribution in [0.25, 0.3) is 0 Å². The Hall–Kier alpha value is -3.11. The molecular weight excluding hydrogens is 414 g/mol. The number of aryl methyl sites for hydroxylation is 1. The summed E-state index contributed by atoms with van der Waals surface area (Å²) in [7, 11) is 0. The average molecular weight is 444 g/mol. The largest absolute Gasteiger partial charge is 0.390 e. The van der Waals surface area contributed by atoms with Crippen molar-refractivity contribution in [2.45, 2.75) is 51.0 Å². The molecule has 0 spiro atoms. The Balaban J connectivity index is 1.29. The Kier molecular flexibility index (Phi) is 6.61. The molecule has 0 bridgehead atoms. The molecule has 1 aromatic heterocycles. The maximum Gasteiger partial charge on any atom is 0.330 e. The average Bonchev–Trinajstić information content (AvgIpc) is 3.16. The number of piperidine rings is 1. The minimum atomic E-state index is -0.858. The van der Waals surface area contributed by atoms with Crippen molar-refractivity contribution < 1.29 is 14.6 Å². The number of nitrogens with one attached hydrogen (secondary N) is 3. The number of hydrogen-bond acceptors (Lipinski definition) is 6. The van der Waals surface area contributed by atoms with Gasteiger partial charge in [0.2, 0.25) is 0 Å². The van der Waals surface area contributed by atoms with Crippen molar-refractivity contribution >= 4 is 17.4 Å². The highest BCUT2D eigenvalue weighted by atomic mass is 16.5. The second-order valence-electron chi connectivity index (χ2n) is 8.34. The molecule has 2 aliphatic heterocycles. The summed E-state index contributed by atoms with van der Waals surface area (Å²) in [5, 5.41) is 15.8. The molecule has 10 nitrogen and oxygen atoms in total. The van der Waals surface area contributed by atoms with Crippen molar-refractivity contribution in [1.29, 1.82) is 0 Å². The standard InChI is InChI=1S/C22H29N5O5/c1-14-13-27(22(31)25-20(14)29)19-11-17(28)18(32-19)12-23-21(30)24-15-5-7-16(8-6-15)26-9-3-2-4-10-26/h5-8,13,17-19,28H,2-4,9-12H2,1H3,(H2,23,24,30)(H,25,29,31)/t17-,18+,19-/m0/s1. The fourth-order valence-corrected chi connectivity index (χ4v) is 4.15. The molecule has 172 valence electrons. The summed E-state index contributed by atoms with van der Waals surface area (Å²) in [6.07, 6.45) is 3.02. The van der Waals surface area contributed by atoms with Crippen LogP contribution < -0.4 is 26.8 Å². The number of aliphatic hydroxyl groups excluding tert-OH is 1. The fraction of sp³-hybridized carbons (Fsp3) is 0.500. The molecule has 2 fully saturated rings. The number of hydrogen-bond donors (Lipinski definition) is 4. The topological polar surface area (TPSA) is 129 Å². The Morgan fingerprint density at radius 2 is 1.91 bits per heavy atom. The summed E-state index contributed by atoms with van der Waals surface area (Å²) in [4.78, 5) is 40.5. The summed E-state index contributed by atoms with van der Waals surface area (Å²) in [5.41, 5.74) is 1.14. The number of carbonyl (C=O) groups is 1. The van der Waals surface area contributed by atoms with Crippen LogP contribution in [0.15, 0.2) is 40.1 Å². The summed E-state index contributed by atoms with van der Waals surface area (Å²) >= 11 is 0. The first-order valence-electron chi connectivity index (χ1n) is 11.0. The molecule has 2 amide bonds. The predicted octanol–water partition coefficient (Wildman–Crippen LogP) is 1.31. The molecule has 0 radical (unpaired) electrons. The van der Waals surface area contributed by atoms with E-state index in [1.54, 1.807) is 6.92 Å². The number of urea groups is 1. The molecule has 0 aliphatic carbocycles. The molecule has 3 atom stereocenters. The van der Waals surface area contributed by atoms with Crippen LogP contribution in [0.5, 0.6) is 0 Å². The van der Waals surface area contributed by atoms with Crippen molar-refractivity contribution in [3.63, 3.8) is 0 Å². The minimum absolute atomic E-state index is 0.0758. The molecule has 3 heterocycles. The molecule has 0 unspecified atom stereocenters. The number of rotatable bonds is 5. The number of anilines is 2. The smallest absolute Gasteiger partial charge is 0.330 e. The first kappa shape index (κ1) is 22.1. The van der Waals surface area contributed by atoms with Gasteiger partial charge in [-0.25, -0.2) is 9.59 Å². The van der Waals surface area contributed by atoms with Gasteiger partial charge in [0.1, 0.15) is 12.3 Å². The number of carbonyl (C=O) groups excluding carboxylic acids is 1. The van der Waals surface area contributed by atoms with Gasteiger partial charge in [-0.05, 0) is 50.5 Å². The summed E-state index contributed by atoms with van der Waals surface area (Å²) < 4.78 is 7.02. The second-order valence-corrected chi connectivity index (χ2v) is 8.34. The van der Waals surface area contributed by atoms with E-state index >= 15 is 0 Å². The number of nitrogens with zero attached hydrogens (tertiary/aromatic N) is 2. The molecule has 4 rings (SSSR count). The van der Waals surface area contributed by atoms with Gasteiger partial charge in [-0.3, -0.25) is 14.3 Å². The Labute approximate surface area is 185 Å². The monoisotopic (exact) mass is 443 g/mol. The zero-order valence-corrected chi connectivity index (χ0v) is 18.0. The van der Waals surface area contributed by atoms with Gasteiger partial charge >= 0.3 is 11.7 Å². The van der Waals surface area contributed by atoms with Crippen LogP contribution in [0.2, 0.25) is 0 Å². The Morgan fingerprint density at radius 1 is 1.19 bits per heavy atom. The van der Waals surface area contributed by atoms with E-state index in [4.69, 9.17) is 4.74 Å². The number of amides is 2. The Morgan fingerprint density at radius 3 is 2.62 bits per heavy atom.